The molecule has 0 aromatic rings. The maximum atomic E-state index is 12.0. The van der Waals surface area contributed by atoms with Crippen LogP contribution in [0.15, 0.2) is 0 Å². The van der Waals surface area contributed by atoms with Gasteiger partial charge in [-0.1, -0.05) is 0 Å². The Morgan fingerprint density at radius 3 is 2.13 bits per heavy atom. The van der Waals surface area contributed by atoms with Crippen LogP contribution < -0.4 is 0 Å². The fourth-order valence-corrected chi connectivity index (χ4v) is 3.38. The molecule has 1 N–H and O–H groups in total. The second-order valence-corrected chi connectivity index (χ2v) is 8.07. The zero-order valence-electron chi connectivity index (χ0n) is 14.9. The van der Waals surface area contributed by atoms with Crippen molar-refractivity contribution in [2.75, 3.05) is 26.3 Å². The van der Waals surface area contributed by atoms with Crippen LogP contribution in [0.1, 0.15) is 59.3 Å². The number of carbonyl (C=O) groups excluding carboxylic acids is 1. The van der Waals surface area contributed by atoms with Gasteiger partial charge in [-0.25, -0.2) is 4.79 Å². The van der Waals surface area contributed by atoms with Crippen molar-refractivity contribution in [1.82, 2.24) is 4.90 Å². The third kappa shape index (κ3) is 6.30. The molecule has 23 heavy (non-hydrogen) atoms. The first kappa shape index (κ1) is 18.5. The van der Waals surface area contributed by atoms with Gasteiger partial charge in [0.1, 0.15) is 5.60 Å². The van der Waals surface area contributed by atoms with E-state index in [2.05, 4.69) is 0 Å². The molecule has 2 aliphatic rings. The van der Waals surface area contributed by atoms with Gasteiger partial charge in [-0.05, 0) is 71.1 Å². The van der Waals surface area contributed by atoms with Gasteiger partial charge in [0, 0.05) is 26.3 Å². The van der Waals surface area contributed by atoms with Crippen LogP contribution in [0.25, 0.3) is 0 Å². The van der Waals surface area contributed by atoms with Crippen molar-refractivity contribution in [3.05, 3.63) is 0 Å². The van der Waals surface area contributed by atoms with Gasteiger partial charge in [-0.15, -0.1) is 0 Å². The predicted molar refractivity (Wildman–Crippen MR) is 89.3 cm³/mol. The molecule has 5 nitrogen and oxygen atoms in total. The first-order valence-electron chi connectivity index (χ1n) is 9.08. The number of amides is 1. The monoisotopic (exact) mass is 327 g/mol. The molecule has 1 saturated heterocycles. The summed E-state index contributed by atoms with van der Waals surface area (Å²) in [5.74, 6) is 1.14. The summed E-state index contributed by atoms with van der Waals surface area (Å²) in [6.45, 7) is 8.28. The first-order valence-corrected chi connectivity index (χ1v) is 9.08. The van der Waals surface area contributed by atoms with Crippen molar-refractivity contribution in [2.24, 2.45) is 11.8 Å². The second kappa shape index (κ2) is 8.34. The predicted octanol–water partition coefficient (Wildman–Crippen LogP) is 3.20. The van der Waals surface area contributed by atoms with Crippen molar-refractivity contribution in [3.63, 3.8) is 0 Å². The molecule has 5 heteroatoms. The van der Waals surface area contributed by atoms with Gasteiger partial charge in [-0.3, -0.25) is 0 Å². The number of piperidine rings is 1. The Bertz CT molecular complexity index is 364. The molecule has 0 bridgehead atoms. The quantitative estimate of drug-likeness (QED) is 0.861. The van der Waals surface area contributed by atoms with Crippen LogP contribution in [-0.2, 0) is 9.47 Å². The van der Waals surface area contributed by atoms with Crippen LogP contribution in [0, 0.1) is 11.8 Å². The second-order valence-electron chi connectivity index (χ2n) is 8.07. The molecule has 1 aliphatic carbocycles. The Labute approximate surface area is 140 Å². The number of ether oxygens (including phenoxy) is 2. The summed E-state index contributed by atoms with van der Waals surface area (Å²) in [6.07, 6.45) is 6.44. The van der Waals surface area contributed by atoms with Gasteiger partial charge in [0.05, 0.1) is 6.10 Å². The lowest BCUT2D eigenvalue weighted by molar-refractivity contribution is -0.0267. The molecule has 1 amide bonds. The molecule has 0 atom stereocenters. The summed E-state index contributed by atoms with van der Waals surface area (Å²) in [5.41, 5.74) is -0.433. The molecule has 134 valence electrons. The third-order valence-electron chi connectivity index (χ3n) is 4.89. The summed E-state index contributed by atoms with van der Waals surface area (Å²) in [6, 6.07) is 0. The molecular formula is C18H33NO4. The van der Waals surface area contributed by atoms with E-state index in [1.165, 1.54) is 12.8 Å². The van der Waals surface area contributed by atoms with E-state index in [1.54, 1.807) is 4.90 Å². The fourth-order valence-electron chi connectivity index (χ4n) is 3.38. The summed E-state index contributed by atoms with van der Waals surface area (Å²) in [7, 11) is 0. The molecule has 2 fully saturated rings. The standard InChI is InChI=1S/C18H33NO4/c1-18(2,3)23-17(21)19-10-8-16(9-11-19)22-13-15-6-4-14(12-20)5-7-15/h14-16,20H,4-13H2,1-3H3. The lowest BCUT2D eigenvalue weighted by Crippen LogP contribution is -2.43. The summed E-state index contributed by atoms with van der Waals surface area (Å²) in [5, 5.41) is 9.18. The minimum absolute atomic E-state index is 0.210. The van der Waals surface area contributed by atoms with Crippen molar-refractivity contribution in [3.8, 4) is 0 Å². The topological polar surface area (TPSA) is 59.0 Å². The molecular weight excluding hydrogens is 294 g/mol. The van der Waals surface area contributed by atoms with E-state index in [-0.39, 0.29) is 12.2 Å². The Morgan fingerprint density at radius 1 is 1.04 bits per heavy atom. The minimum Gasteiger partial charge on any atom is -0.444 e. The van der Waals surface area contributed by atoms with Crippen molar-refractivity contribution >= 4 is 6.09 Å². The molecule has 0 radical (unpaired) electrons. The average molecular weight is 327 g/mol. The number of aliphatic hydroxyl groups excluding tert-OH is 1. The van der Waals surface area contributed by atoms with Gasteiger partial charge < -0.3 is 19.5 Å². The zero-order valence-corrected chi connectivity index (χ0v) is 14.9. The molecule has 2 rings (SSSR count). The summed E-state index contributed by atoms with van der Waals surface area (Å²) in [4.78, 5) is 13.8. The molecule has 1 aliphatic heterocycles. The van der Waals surface area contributed by atoms with E-state index < -0.39 is 5.60 Å². The van der Waals surface area contributed by atoms with Crippen LogP contribution in [-0.4, -0.2) is 54.1 Å². The Morgan fingerprint density at radius 2 is 1.61 bits per heavy atom. The van der Waals surface area contributed by atoms with Crippen molar-refractivity contribution < 1.29 is 19.4 Å². The highest BCUT2D eigenvalue weighted by Gasteiger charge is 2.28. The van der Waals surface area contributed by atoms with Crippen LogP contribution in [0.3, 0.4) is 0 Å². The van der Waals surface area contributed by atoms with Crippen molar-refractivity contribution in [2.45, 2.75) is 71.0 Å². The largest absolute Gasteiger partial charge is 0.444 e. The number of hydrogen-bond acceptors (Lipinski definition) is 4. The van der Waals surface area contributed by atoms with E-state index in [4.69, 9.17) is 9.47 Å². The number of hydrogen-bond donors (Lipinski definition) is 1. The molecule has 0 aromatic carbocycles. The van der Waals surface area contributed by atoms with Crippen LogP contribution in [0.2, 0.25) is 0 Å². The molecule has 0 unspecified atom stereocenters. The Hall–Kier alpha value is -0.810. The molecule has 0 aromatic heterocycles. The fraction of sp³-hybridized carbons (Fsp3) is 0.944. The number of likely N-dealkylation sites (tertiary alicyclic amines) is 1. The van der Waals surface area contributed by atoms with E-state index in [9.17, 15) is 9.90 Å². The number of rotatable bonds is 4. The Balaban J connectivity index is 1.62. The van der Waals surface area contributed by atoms with Gasteiger partial charge in [0.2, 0.25) is 0 Å². The average Bonchev–Trinajstić information content (AvgIpc) is 2.52. The van der Waals surface area contributed by atoms with E-state index in [0.717, 1.165) is 45.4 Å². The summed E-state index contributed by atoms with van der Waals surface area (Å²) >= 11 is 0. The number of aliphatic hydroxyl groups is 1. The third-order valence-corrected chi connectivity index (χ3v) is 4.89. The van der Waals surface area contributed by atoms with E-state index in [1.807, 2.05) is 20.8 Å². The number of nitrogens with zero attached hydrogens (tertiary/aromatic N) is 1. The highest BCUT2D eigenvalue weighted by Crippen LogP contribution is 2.29. The zero-order chi connectivity index (χ0) is 16.9. The van der Waals surface area contributed by atoms with E-state index in [0.29, 0.717) is 18.4 Å². The molecule has 0 spiro atoms. The minimum atomic E-state index is -0.433. The van der Waals surface area contributed by atoms with Gasteiger partial charge in [-0.2, -0.15) is 0 Å². The molecule has 1 saturated carbocycles. The first-order chi connectivity index (χ1) is 10.9. The smallest absolute Gasteiger partial charge is 0.410 e. The lowest BCUT2D eigenvalue weighted by atomic mass is 9.83. The van der Waals surface area contributed by atoms with Gasteiger partial charge >= 0.3 is 6.09 Å². The van der Waals surface area contributed by atoms with E-state index >= 15 is 0 Å². The van der Waals surface area contributed by atoms with Crippen LogP contribution in [0.5, 0.6) is 0 Å². The maximum Gasteiger partial charge on any atom is 0.410 e. The van der Waals surface area contributed by atoms with Gasteiger partial charge in [0.15, 0.2) is 0 Å². The molecule has 1 heterocycles. The normalized spacial score (nSPS) is 27.0. The highest BCUT2D eigenvalue weighted by atomic mass is 16.6. The van der Waals surface area contributed by atoms with Crippen LogP contribution in [0.4, 0.5) is 4.79 Å². The SMILES string of the molecule is CC(C)(C)OC(=O)N1CCC(OCC2CCC(CO)CC2)CC1. The highest BCUT2D eigenvalue weighted by molar-refractivity contribution is 5.68. The Kier molecular flexibility index (Phi) is 6.72. The van der Waals surface area contributed by atoms with Crippen molar-refractivity contribution in [1.29, 1.82) is 0 Å². The van der Waals surface area contributed by atoms with Gasteiger partial charge in [0.25, 0.3) is 0 Å². The van der Waals surface area contributed by atoms with Crippen LogP contribution >= 0.6 is 0 Å². The number of carbonyl (C=O) groups is 1. The maximum absolute atomic E-state index is 12.0. The lowest BCUT2D eigenvalue weighted by Gasteiger charge is -2.34. The summed E-state index contributed by atoms with van der Waals surface area (Å²) < 4.78 is 11.5.